The lowest BCUT2D eigenvalue weighted by atomic mass is 9.73. The summed E-state index contributed by atoms with van der Waals surface area (Å²) in [5.41, 5.74) is 4.57. The fourth-order valence-corrected chi connectivity index (χ4v) is 4.75. The Morgan fingerprint density at radius 2 is 1.38 bits per heavy atom. The number of hydrogen-bond acceptors (Lipinski definition) is 1. The Morgan fingerprint density at radius 3 is 1.88 bits per heavy atom. The number of benzene rings is 2. The summed E-state index contributed by atoms with van der Waals surface area (Å²) in [5.74, 6) is -0.804. The van der Waals surface area contributed by atoms with Crippen LogP contribution < -0.4 is 0 Å². The summed E-state index contributed by atoms with van der Waals surface area (Å²) in [6, 6.07) is 20.6. The van der Waals surface area contributed by atoms with E-state index in [1.807, 2.05) is 42.5 Å². The quantitative estimate of drug-likeness (QED) is 0.861. The van der Waals surface area contributed by atoms with Gasteiger partial charge in [0.2, 0.25) is 0 Å². The van der Waals surface area contributed by atoms with Crippen molar-refractivity contribution in [3.8, 4) is 0 Å². The summed E-state index contributed by atoms with van der Waals surface area (Å²) in [6.07, 6.45) is 2.79. The maximum Gasteiger partial charge on any atom is 0.332 e. The molecule has 0 fully saturated rings. The molecule has 2 atom stereocenters. The van der Waals surface area contributed by atoms with Gasteiger partial charge in [-0.05, 0) is 28.7 Å². The highest BCUT2D eigenvalue weighted by molar-refractivity contribution is 6.07. The molecule has 2 aromatic carbocycles. The Balaban J connectivity index is 2.03. The van der Waals surface area contributed by atoms with Crippen molar-refractivity contribution in [1.82, 2.24) is 0 Å². The molecule has 2 heteroatoms. The van der Waals surface area contributed by atoms with E-state index in [1.165, 1.54) is 11.1 Å². The summed E-state index contributed by atoms with van der Waals surface area (Å²) in [6.45, 7) is 4.25. The van der Waals surface area contributed by atoms with Gasteiger partial charge in [-0.15, -0.1) is 0 Å². The van der Waals surface area contributed by atoms with E-state index in [9.17, 15) is 9.90 Å². The zero-order valence-corrected chi connectivity index (χ0v) is 13.9. The third kappa shape index (κ3) is 1.92. The molecule has 2 aromatic rings. The average Bonchev–Trinajstić information content (AvgIpc) is 2.99. The molecule has 4 rings (SSSR count). The predicted octanol–water partition coefficient (Wildman–Crippen LogP) is 5.04. The highest BCUT2D eigenvalue weighted by atomic mass is 16.4. The summed E-state index contributed by atoms with van der Waals surface area (Å²) < 4.78 is 0. The van der Waals surface area contributed by atoms with Gasteiger partial charge in [0, 0.05) is 16.4 Å². The Morgan fingerprint density at radius 1 is 0.875 bits per heavy atom. The molecule has 0 saturated heterocycles. The van der Waals surface area contributed by atoms with Crippen LogP contribution in [0.1, 0.15) is 31.4 Å². The molecule has 2 nitrogen and oxygen atoms in total. The molecule has 0 saturated carbocycles. The van der Waals surface area contributed by atoms with Gasteiger partial charge in [0.1, 0.15) is 0 Å². The number of hydrogen-bond donors (Lipinski definition) is 1. The van der Waals surface area contributed by atoms with Crippen LogP contribution >= 0.6 is 0 Å². The summed E-state index contributed by atoms with van der Waals surface area (Å²) in [7, 11) is 0. The molecule has 2 aliphatic carbocycles. The smallest absolute Gasteiger partial charge is 0.332 e. The Labute approximate surface area is 142 Å². The van der Waals surface area contributed by atoms with E-state index in [4.69, 9.17) is 0 Å². The average molecular weight is 316 g/mol. The fraction of sp³-hybridized carbons (Fsp3) is 0.227. The minimum absolute atomic E-state index is 0.241. The van der Waals surface area contributed by atoms with E-state index in [1.54, 1.807) is 0 Å². The maximum absolute atomic E-state index is 11.9. The molecule has 0 heterocycles. The van der Waals surface area contributed by atoms with Gasteiger partial charge in [0.15, 0.2) is 0 Å². The van der Waals surface area contributed by atoms with Crippen LogP contribution in [0, 0.1) is 10.8 Å². The van der Waals surface area contributed by atoms with Crippen molar-refractivity contribution >= 4 is 17.1 Å². The normalized spacial score (nSPS) is 28.2. The summed E-state index contributed by atoms with van der Waals surface area (Å²) >= 11 is 0. The van der Waals surface area contributed by atoms with E-state index in [-0.39, 0.29) is 5.41 Å². The van der Waals surface area contributed by atoms with Crippen molar-refractivity contribution in [3.05, 3.63) is 83.4 Å². The number of carboxylic acid groups (broad SMARTS) is 1. The van der Waals surface area contributed by atoms with Crippen LogP contribution in [0.3, 0.4) is 0 Å². The van der Waals surface area contributed by atoms with E-state index < -0.39 is 11.4 Å². The second-order valence-electron chi connectivity index (χ2n) is 7.27. The number of fused-ring (bicyclic) bond motifs is 2. The molecule has 0 amide bonds. The SMILES string of the molecule is C[C@@]12C[C@@](C)(C=C1C(=O)O)C(c1ccccc1)=C2c1ccccc1. The van der Waals surface area contributed by atoms with Crippen LogP contribution in [0.25, 0.3) is 11.1 Å². The van der Waals surface area contributed by atoms with E-state index in [0.717, 1.165) is 17.6 Å². The largest absolute Gasteiger partial charge is 0.478 e. The van der Waals surface area contributed by atoms with Crippen LogP contribution in [0.4, 0.5) is 0 Å². The van der Waals surface area contributed by atoms with Gasteiger partial charge in [0.25, 0.3) is 0 Å². The number of aliphatic carboxylic acids is 1. The topological polar surface area (TPSA) is 37.3 Å². The molecule has 0 unspecified atom stereocenters. The molecule has 1 N–H and O–H groups in total. The zero-order chi connectivity index (χ0) is 16.9. The van der Waals surface area contributed by atoms with Crippen molar-refractivity contribution in [3.63, 3.8) is 0 Å². The van der Waals surface area contributed by atoms with Crippen LogP contribution in [0.15, 0.2) is 72.3 Å². The first-order valence-corrected chi connectivity index (χ1v) is 8.28. The van der Waals surface area contributed by atoms with Crippen molar-refractivity contribution < 1.29 is 9.90 Å². The first-order valence-electron chi connectivity index (χ1n) is 8.28. The maximum atomic E-state index is 11.9. The van der Waals surface area contributed by atoms with Gasteiger partial charge in [-0.1, -0.05) is 80.6 Å². The van der Waals surface area contributed by atoms with Crippen molar-refractivity contribution in [2.45, 2.75) is 20.3 Å². The number of carbonyl (C=O) groups is 1. The first-order chi connectivity index (χ1) is 11.5. The summed E-state index contributed by atoms with van der Waals surface area (Å²) in [5, 5.41) is 9.75. The summed E-state index contributed by atoms with van der Waals surface area (Å²) in [4.78, 5) is 11.9. The van der Waals surface area contributed by atoms with Crippen LogP contribution in [0.2, 0.25) is 0 Å². The van der Waals surface area contributed by atoms with Crippen molar-refractivity contribution in [1.29, 1.82) is 0 Å². The standard InChI is InChI=1S/C22H20O2/c1-21-13-17(20(23)24)22(2,14-21)19(16-11-7-4-8-12-16)18(21)15-9-5-3-6-10-15/h3-13H,14H2,1-2H3,(H,23,24)/t21-,22-/m1/s1. The molecule has 120 valence electrons. The third-order valence-corrected chi connectivity index (χ3v) is 5.51. The first kappa shape index (κ1) is 14.9. The van der Waals surface area contributed by atoms with Gasteiger partial charge < -0.3 is 5.11 Å². The lowest BCUT2D eigenvalue weighted by Crippen LogP contribution is -2.22. The molecule has 0 radical (unpaired) electrons. The molecular weight excluding hydrogens is 296 g/mol. The lowest BCUT2D eigenvalue weighted by Gasteiger charge is -2.30. The minimum Gasteiger partial charge on any atom is -0.478 e. The van der Waals surface area contributed by atoms with Gasteiger partial charge >= 0.3 is 5.97 Å². The molecule has 0 aromatic heterocycles. The lowest BCUT2D eigenvalue weighted by molar-refractivity contribution is -0.133. The highest BCUT2D eigenvalue weighted by Gasteiger charge is 2.57. The highest BCUT2D eigenvalue weighted by Crippen LogP contribution is 2.68. The second-order valence-corrected chi connectivity index (χ2v) is 7.27. The number of allylic oxidation sites excluding steroid dienone is 3. The monoisotopic (exact) mass is 316 g/mol. The predicted molar refractivity (Wildman–Crippen MR) is 96.2 cm³/mol. The third-order valence-electron chi connectivity index (χ3n) is 5.51. The minimum atomic E-state index is -0.804. The van der Waals surface area contributed by atoms with Gasteiger partial charge in [-0.25, -0.2) is 4.79 Å². The van der Waals surface area contributed by atoms with Crippen LogP contribution in [-0.2, 0) is 4.79 Å². The Kier molecular flexibility index (Phi) is 3.08. The van der Waals surface area contributed by atoms with Gasteiger partial charge in [-0.3, -0.25) is 0 Å². The Hall–Kier alpha value is -2.61. The van der Waals surface area contributed by atoms with Crippen molar-refractivity contribution in [2.24, 2.45) is 10.8 Å². The fourth-order valence-electron chi connectivity index (χ4n) is 4.75. The number of carboxylic acids is 1. The Bertz CT molecular complexity index is 877. The van der Waals surface area contributed by atoms with Crippen LogP contribution in [-0.4, -0.2) is 11.1 Å². The van der Waals surface area contributed by atoms with E-state index in [0.29, 0.717) is 5.57 Å². The molecular formula is C22H20O2. The second kappa shape index (κ2) is 4.94. The van der Waals surface area contributed by atoms with Gasteiger partial charge in [0.05, 0.1) is 0 Å². The molecule has 2 bridgehead atoms. The molecule has 0 aliphatic heterocycles. The van der Waals surface area contributed by atoms with Gasteiger partial charge in [-0.2, -0.15) is 0 Å². The van der Waals surface area contributed by atoms with E-state index in [2.05, 4.69) is 38.1 Å². The van der Waals surface area contributed by atoms with Crippen LogP contribution in [0.5, 0.6) is 0 Å². The van der Waals surface area contributed by atoms with E-state index >= 15 is 0 Å². The molecule has 24 heavy (non-hydrogen) atoms. The zero-order valence-electron chi connectivity index (χ0n) is 13.9. The van der Waals surface area contributed by atoms with Crippen molar-refractivity contribution in [2.75, 3.05) is 0 Å². The molecule has 2 aliphatic rings. The molecule has 0 spiro atoms. The number of rotatable bonds is 3.